The van der Waals surface area contributed by atoms with Crippen molar-refractivity contribution in [2.75, 3.05) is 6.61 Å². The minimum atomic E-state index is -1.99. The quantitative estimate of drug-likeness (QED) is 0.237. The lowest BCUT2D eigenvalue weighted by Gasteiger charge is -2.45. The Bertz CT molecular complexity index is 1330. The largest absolute Gasteiger partial charge is 0.542 e. The maximum atomic E-state index is 7.16. The average Bonchev–Trinajstić information content (AvgIpc) is 3.02. The van der Waals surface area contributed by atoms with Gasteiger partial charge in [-0.05, 0) is 128 Å². The van der Waals surface area contributed by atoms with E-state index < -0.39 is 47.2 Å². The molecule has 2 atom stereocenters. The van der Waals surface area contributed by atoms with Crippen molar-refractivity contribution in [2.45, 2.75) is 116 Å². The predicted molar refractivity (Wildman–Crippen MR) is 187 cm³/mol. The molecule has 0 aromatic heterocycles. The zero-order chi connectivity index (χ0) is 31.7. The molecule has 42 heavy (non-hydrogen) atoms. The first-order valence-electron chi connectivity index (χ1n) is 15.3. The molecule has 234 valence electrons. The summed E-state index contributed by atoms with van der Waals surface area (Å²) in [6.07, 6.45) is 0.767. The zero-order valence-corrected chi connectivity index (χ0v) is 33.8. The first-order chi connectivity index (χ1) is 18.8. The molecule has 1 aliphatic carbocycles. The van der Waals surface area contributed by atoms with Crippen molar-refractivity contribution in [1.29, 1.82) is 0 Å². The van der Waals surface area contributed by atoms with E-state index in [1.165, 1.54) is 11.1 Å². The average molecular weight is 663 g/mol. The predicted octanol–water partition coefficient (Wildman–Crippen LogP) is 9.21. The van der Waals surface area contributed by atoms with Crippen LogP contribution < -0.4 is 22.4 Å². The van der Waals surface area contributed by atoms with Crippen LogP contribution in [0.2, 0.25) is 98.2 Å². The van der Waals surface area contributed by atoms with Crippen LogP contribution in [0.4, 0.5) is 0 Å². The van der Waals surface area contributed by atoms with Gasteiger partial charge in [-0.2, -0.15) is 0 Å². The van der Waals surface area contributed by atoms with Gasteiger partial charge in [-0.15, -0.1) is 0 Å². The fourth-order valence-corrected chi connectivity index (χ4v) is 10.6. The van der Waals surface area contributed by atoms with Gasteiger partial charge in [0.25, 0.3) is 0 Å². The fraction of sp³-hybridized carbons (Fsp3) is 0.613. The lowest BCUT2D eigenvalue weighted by atomic mass is 9.80. The van der Waals surface area contributed by atoms with Crippen LogP contribution in [-0.2, 0) is 10.8 Å². The molecule has 4 rings (SSSR count). The topological polar surface area (TPSA) is 55.4 Å². The van der Waals surface area contributed by atoms with Crippen LogP contribution in [0.25, 0.3) is 0 Å². The van der Waals surface area contributed by atoms with E-state index in [9.17, 15) is 0 Å². The summed E-state index contributed by atoms with van der Waals surface area (Å²) >= 11 is 0. The van der Waals surface area contributed by atoms with E-state index in [2.05, 4.69) is 122 Å². The summed E-state index contributed by atoms with van der Waals surface area (Å²) in [4.78, 5) is 0. The van der Waals surface area contributed by atoms with E-state index in [0.717, 1.165) is 40.7 Å². The Labute approximate surface area is 260 Å². The van der Waals surface area contributed by atoms with Crippen molar-refractivity contribution in [3.05, 3.63) is 41.0 Å². The monoisotopic (exact) mass is 662 g/mol. The van der Waals surface area contributed by atoms with E-state index in [1.807, 2.05) is 0 Å². The number of ether oxygens (including phenoxy) is 1. The van der Waals surface area contributed by atoms with Gasteiger partial charge in [0.1, 0.15) is 29.5 Å². The maximum absolute atomic E-state index is 7.16. The molecule has 0 amide bonds. The van der Waals surface area contributed by atoms with Crippen LogP contribution in [-0.4, -0.2) is 53.8 Å². The molecule has 2 aromatic carbocycles. The van der Waals surface area contributed by atoms with Gasteiger partial charge in [0.15, 0.2) is 19.8 Å². The highest BCUT2D eigenvalue weighted by molar-refractivity contribution is 6.72. The number of benzene rings is 2. The van der Waals surface area contributed by atoms with Crippen LogP contribution in [0.1, 0.15) is 22.6 Å². The van der Waals surface area contributed by atoms with Crippen LogP contribution in [0, 0.1) is 0 Å². The van der Waals surface area contributed by atoms with Crippen LogP contribution >= 0.6 is 0 Å². The van der Waals surface area contributed by atoms with Gasteiger partial charge >= 0.3 is 0 Å². The third-order valence-electron chi connectivity index (χ3n) is 6.58. The van der Waals surface area contributed by atoms with Gasteiger partial charge < -0.3 is 26.9 Å². The minimum Gasteiger partial charge on any atom is -0.542 e. The lowest BCUT2D eigenvalue weighted by Crippen LogP contribution is -2.52. The molecule has 0 saturated carbocycles. The maximum Gasteiger partial charge on any atom is 0.242 e. The summed E-state index contributed by atoms with van der Waals surface area (Å²) in [5.41, 5.74) is 3.09. The molecule has 1 aliphatic heterocycles. The van der Waals surface area contributed by atoms with Gasteiger partial charge in [-0.1, -0.05) is 6.07 Å². The Kier molecular flexibility index (Phi) is 8.61. The Morgan fingerprint density at radius 1 is 0.595 bits per heavy atom. The van der Waals surface area contributed by atoms with Gasteiger partial charge in [0, 0.05) is 17.9 Å². The van der Waals surface area contributed by atoms with Gasteiger partial charge in [-0.25, -0.2) is 0 Å². The van der Waals surface area contributed by atoms with Crippen molar-refractivity contribution >= 4 is 41.6 Å². The van der Waals surface area contributed by atoms with Gasteiger partial charge in [0.2, 0.25) is 33.3 Å². The van der Waals surface area contributed by atoms with Crippen LogP contribution in [0.5, 0.6) is 28.7 Å². The van der Waals surface area contributed by atoms with E-state index in [1.54, 1.807) is 0 Å². The summed E-state index contributed by atoms with van der Waals surface area (Å²) < 4.78 is 40.6. The Morgan fingerprint density at radius 3 is 1.60 bits per heavy atom. The SMILES string of the molecule is C[Si](C)(C)Oc1cc2c(cc1O[Si](C)(C)C)C1c3ccc(O[Si](C)(C)C)c(O[Si](C)(C)C)c3OCC1(O[Si](C)(C)C)C2. The summed E-state index contributed by atoms with van der Waals surface area (Å²) in [5.74, 6) is 4.04. The first-order valence-corrected chi connectivity index (χ1v) is 32.3. The third kappa shape index (κ3) is 7.95. The van der Waals surface area contributed by atoms with Crippen molar-refractivity contribution in [1.82, 2.24) is 0 Å². The summed E-state index contributed by atoms with van der Waals surface area (Å²) in [7, 11) is -9.66. The highest BCUT2D eigenvalue weighted by Crippen LogP contribution is 2.58. The van der Waals surface area contributed by atoms with Crippen molar-refractivity contribution in [3.63, 3.8) is 0 Å². The number of rotatable bonds is 10. The van der Waals surface area contributed by atoms with E-state index in [4.69, 9.17) is 26.9 Å². The number of fused-ring (bicyclic) bond motifs is 5. The molecule has 6 nitrogen and oxygen atoms in total. The Hall–Kier alpha value is -1.52. The third-order valence-corrected chi connectivity index (χ3v) is 10.9. The first kappa shape index (κ1) is 33.4. The molecular weight excluding hydrogens is 609 g/mol. The lowest BCUT2D eigenvalue weighted by molar-refractivity contribution is -0.00638. The fourth-order valence-electron chi connectivity index (χ4n) is 5.83. The minimum absolute atomic E-state index is 0.0159. The standard InChI is InChI=1S/C31H54O6Si5/c1-38(2,3)33-25-17-16-23-28-24-19-27(35-40(7,8)9)26(34-39(4,5)6)18-22(24)20-31(28,37-42(13,14)15)21-32-29(23)30(25)36-41(10,11)12/h16-19,28H,20-21H2,1-15H3. The normalized spacial score (nSPS) is 20.7. The van der Waals surface area contributed by atoms with E-state index in [0.29, 0.717) is 6.61 Å². The molecule has 0 fully saturated rings. The van der Waals surface area contributed by atoms with Gasteiger partial charge in [0.05, 0.1) is 0 Å². The van der Waals surface area contributed by atoms with Crippen molar-refractivity contribution in [3.8, 4) is 28.7 Å². The molecule has 11 heteroatoms. The van der Waals surface area contributed by atoms with Gasteiger partial charge in [-0.3, -0.25) is 0 Å². The molecule has 0 bridgehead atoms. The number of hydrogen-bond donors (Lipinski definition) is 0. The van der Waals surface area contributed by atoms with Crippen molar-refractivity contribution < 1.29 is 26.9 Å². The number of hydrogen-bond acceptors (Lipinski definition) is 6. The van der Waals surface area contributed by atoms with Crippen molar-refractivity contribution in [2.24, 2.45) is 0 Å². The molecular formula is C31H54O6Si5. The second kappa shape index (κ2) is 10.8. The molecule has 2 unspecified atom stereocenters. The molecule has 0 spiro atoms. The Balaban J connectivity index is 1.97. The second-order valence-electron chi connectivity index (χ2n) is 16.8. The van der Waals surface area contributed by atoms with E-state index >= 15 is 0 Å². The highest BCUT2D eigenvalue weighted by Gasteiger charge is 2.55. The molecule has 0 radical (unpaired) electrons. The highest BCUT2D eigenvalue weighted by atomic mass is 28.4. The summed E-state index contributed by atoms with van der Waals surface area (Å²) in [6.45, 7) is 33.8. The molecule has 2 aliphatic rings. The zero-order valence-electron chi connectivity index (χ0n) is 28.8. The summed E-state index contributed by atoms with van der Waals surface area (Å²) in [6, 6.07) is 8.78. The molecule has 0 N–H and O–H groups in total. The summed E-state index contributed by atoms with van der Waals surface area (Å²) in [5, 5.41) is 0. The molecule has 0 saturated heterocycles. The molecule has 1 heterocycles. The second-order valence-corrected chi connectivity index (χ2v) is 39.0. The smallest absolute Gasteiger partial charge is 0.242 e. The van der Waals surface area contributed by atoms with Crippen LogP contribution in [0.3, 0.4) is 0 Å². The van der Waals surface area contributed by atoms with E-state index in [-0.39, 0.29) is 5.92 Å². The molecule has 2 aromatic rings. The van der Waals surface area contributed by atoms with Crippen LogP contribution in [0.15, 0.2) is 24.3 Å². The Morgan fingerprint density at radius 2 is 1.10 bits per heavy atom.